The summed E-state index contributed by atoms with van der Waals surface area (Å²) in [5, 5.41) is 0. The van der Waals surface area contributed by atoms with Gasteiger partial charge in [0.05, 0.1) is 12.5 Å². The summed E-state index contributed by atoms with van der Waals surface area (Å²) in [5.74, 6) is 0.762. The van der Waals surface area contributed by atoms with Crippen LogP contribution >= 0.6 is 12.2 Å². The molecule has 1 unspecified atom stereocenters. The van der Waals surface area contributed by atoms with Gasteiger partial charge in [-0.25, -0.2) is 0 Å². The van der Waals surface area contributed by atoms with Crippen molar-refractivity contribution in [3.8, 4) is 0 Å². The van der Waals surface area contributed by atoms with E-state index in [-0.39, 0.29) is 17.4 Å². The summed E-state index contributed by atoms with van der Waals surface area (Å²) < 4.78 is 9.75. The van der Waals surface area contributed by atoms with E-state index in [1.807, 2.05) is 24.6 Å². The standard InChI is InChI=1S/C22H38N2O3S/c1-7-24-20(25)18(6)15-23(22(24)28)12-10-8-9-11-13-27-21(26)19(17(4)5)14-16(2)3/h15-17,19H,7-14H2,1-6H3. The first-order chi connectivity index (χ1) is 13.2. The van der Waals surface area contributed by atoms with Crippen molar-refractivity contribution in [1.82, 2.24) is 9.13 Å². The number of unbranched alkanes of at least 4 members (excludes halogenated alkanes) is 3. The molecule has 6 heteroatoms. The van der Waals surface area contributed by atoms with E-state index < -0.39 is 0 Å². The lowest BCUT2D eigenvalue weighted by molar-refractivity contribution is -0.151. The summed E-state index contributed by atoms with van der Waals surface area (Å²) >= 11 is 5.43. The molecule has 0 aromatic carbocycles. The number of rotatable bonds is 12. The number of aromatic nitrogens is 2. The minimum atomic E-state index is -0.0488. The van der Waals surface area contributed by atoms with Crippen LogP contribution in [0, 0.1) is 29.4 Å². The average molecular weight is 411 g/mol. The van der Waals surface area contributed by atoms with Crippen molar-refractivity contribution in [3.05, 3.63) is 26.9 Å². The van der Waals surface area contributed by atoms with Gasteiger partial charge in [-0.2, -0.15) is 0 Å². The van der Waals surface area contributed by atoms with Crippen molar-refractivity contribution >= 4 is 18.2 Å². The Morgan fingerprint density at radius 3 is 2.36 bits per heavy atom. The zero-order valence-electron chi connectivity index (χ0n) is 18.5. The molecular weight excluding hydrogens is 372 g/mol. The molecule has 0 radical (unpaired) electrons. The van der Waals surface area contributed by atoms with Crippen LogP contribution in [0.4, 0.5) is 0 Å². The number of ether oxygens (including phenoxy) is 1. The lowest BCUT2D eigenvalue weighted by atomic mass is 9.88. The monoisotopic (exact) mass is 410 g/mol. The Labute approximate surface area is 175 Å². The van der Waals surface area contributed by atoms with Gasteiger partial charge in [0.2, 0.25) is 0 Å². The smallest absolute Gasteiger partial charge is 0.309 e. The Balaban J connectivity index is 2.36. The fourth-order valence-electron chi connectivity index (χ4n) is 3.40. The van der Waals surface area contributed by atoms with E-state index in [2.05, 4.69) is 27.7 Å². The third-order valence-electron chi connectivity index (χ3n) is 5.10. The number of carbonyl (C=O) groups is 1. The Bertz CT molecular complexity index is 734. The molecule has 1 rings (SSSR count). The van der Waals surface area contributed by atoms with Crippen LogP contribution < -0.4 is 5.56 Å². The highest BCUT2D eigenvalue weighted by Gasteiger charge is 2.24. The molecule has 0 saturated heterocycles. The van der Waals surface area contributed by atoms with Gasteiger partial charge in [0.25, 0.3) is 5.56 Å². The first kappa shape index (κ1) is 24.6. The molecule has 0 aliphatic heterocycles. The van der Waals surface area contributed by atoms with Crippen molar-refractivity contribution < 1.29 is 9.53 Å². The number of aryl methyl sites for hydroxylation is 2. The van der Waals surface area contributed by atoms with Crippen molar-refractivity contribution in [3.63, 3.8) is 0 Å². The summed E-state index contributed by atoms with van der Waals surface area (Å²) in [4.78, 5) is 24.4. The van der Waals surface area contributed by atoms with Gasteiger partial charge in [-0.15, -0.1) is 0 Å². The van der Waals surface area contributed by atoms with Crippen LogP contribution in [-0.2, 0) is 22.6 Å². The summed E-state index contributed by atoms with van der Waals surface area (Å²) in [6, 6.07) is 0. The molecule has 5 nitrogen and oxygen atoms in total. The SMILES string of the molecule is CCn1c(=O)c(C)cn(CCCCCCOC(=O)C(CC(C)C)C(C)C)c1=S. The van der Waals surface area contributed by atoms with Crippen LogP contribution in [0.3, 0.4) is 0 Å². The molecule has 1 aromatic heterocycles. The molecule has 160 valence electrons. The first-order valence-electron chi connectivity index (χ1n) is 10.7. The molecule has 0 aliphatic rings. The van der Waals surface area contributed by atoms with E-state index in [0.717, 1.165) is 44.2 Å². The van der Waals surface area contributed by atoms with E-state index in [0.29, 0.717) is 29.8 Å². The zero-order valence-corrected chi connectivity index (χ0v) is 19.3. The predicted octanol–water partition coefficient (Wildman–Crippen LogP) is 5.13. The van der Waals surface area contributed by atoms with Gasteiger partial charge < -0.3 is 9.30 Å². The van der Waals surface area contributed by atoms with Crippen LogP contribution in [0.2, 0.25) is 0 Å². The molecule has 0 amide bonds. The topological polar surface area (TPSA) is 53.2 Å². The number of esters is 1. The molecule has 0 aliphatic carbocycles. The van der Waals surface area contributed by atoms with Gasteiger partial charge in [0.15, 0.2) is 4.77 Å². The second-order valence-electron chi connectivity index (χ2n) is 8.40. The zero-order chi connectivity index (χ0) is 21.3. The normalized spacial score (nSPS) is 12.6. The lowest BCUT2D eigenvalue weighted by Gasteiger charge is -2.21. The Morgan fingerprint density at radius 2 is 1.79 bits per heavy atom. The summed E-state index contributed by atoms with van der Waals surface area (Å²) in [7, 11) is 0. The van der Waals surface area contributed by atoms with Crippen LogP contribution in [0.15, 0.2) is 11.0 Å². The number of carbonyl (C=O) groups excluding carboxylic acids is 1. The minimum absolute atomic E-state index is 0.000590. The quantitative estimate of drug-likeness (QED) is 0.272. The maximum atomic E-state index is 12.3. The highest BCUT2D eigenvalue weighted by molar-refractivity contribution is 7.71. The van der Waals surface area contributed by atoms with Gasteiger partial charge >= 0.3 is 5.97 Å². The summed E-state index contributed by atoms with van der Waals surface area (Å²) in [5.41, 5.74) is 0.728. The molecule has 1 aromatic rings. The van der Waals surface area contributed by atoms with Gasteiger partial charge in [0, 0.05) is 24.8 Å². The molecule has 1 atom stereocenters. The molecule has 0 spiro atoms. The van der Waals surface area contributed by atoms with E-state index in [1.54, 1.807) is 4.57 Å². The predicted molar refractivity (Wildman–Crippen MR) is 117 cm³/mol. The fraction of sp³-hybridized carbons (Fsp3) is 0.773. The van der Waals surface area contributed by atoms with Crippen LogP contribution in [0.5, 0.6) is 0 Å². The van der Waals surface area contributed by atoms with E-state index in [9.17, 15) is 9.59 Å². The molecular formula is C22H38N2O3S. The van der Waals surface area contributed by atoms with Crippen molar-refractivity contribution in [2.24, 2.45) is 17.8 Å². The Morgan fingerprint density at radius 1 is 1.14 bits per heavy atom. The second-order valence-corrected chi connectivity index (χ2v) is 8.76. The number of nitrogens with zero attached hydrogens (tertiary/aromatic N) is 2. The highest BCUT2D eigenvalue weighted by Crippen LogP contribution is 2.21. The second kappa shape index (κ2) is 12.2. The van der Waals surface area contributed by atoms with Gasteiger partial charge in [-0.05, 0) is 63.6 Å². The Kier molecular flexibility index (Phi) is 10.7. The lowest BCUT2D eigenvalue weighted by Crippen LogP contribution is -2.26. The van der Waals surface area contributed by atoms with Gasteiger partial charge in [-0.3, -0.25) is 14.2 Å². The molecule has 0 saturated carbocycles. The van der Waals surface area contributed by atoms with E-state index >= 15 is 0 Å². The maximum Gasteiger partial charge on any atom is 0.309 e. The number of hydrogen-bond donors (Lipinski definition) is 0. The fourth-order valence-corrected chi connectivity index (χ4v) is 3.76. The largest absolute Gasteiger partial charge is 0.465 e. The third kappa shape index (κ3) is 7.53. The van der Waals surface area contributed by atoms with Gasteiger partial charge in [-0.1, -0.05) is 34.1 Å². The molecule has 0 N–H and O–H groups in total. The van der Waals surface area contributed by atoms with Crippen molar-refractivity contribution in [1.29, 1.82) is 0 Å². The average Bonchev–Trinajstić information content (AvgIpc) is 2.62. The first-order valence-corrected chi connectivity index (χ1v) is 11.1. The van der Waals surface area contributed by atoms with Crippen LogP contribution in [-0.4, -0.2) is 21.7 Å². The maximum absolute atomic E-state index is 12.3. The summed E-state index contributed by atoms with van der Waals surface area (Å²) in [6.07, 6.45) is 6.69. The molecule has 0 bridgehead atoms. The molecule has 1 heterocycles. The summed E-state index contributed by atoms with van der Waals surface area (Å²) in [6.45, 7) is 14.1. The van der Waals surface area contributed by atoms with Crippen LogP contribution in [0.1, 0.15) is 72.3 Å². The van der Waals surface area contributed by atoms with E-state index in [4.69, 9.17) is 17.0 Å². The molecule has 28 heavy (non-hydrogen) atoms. The molecule has 0 fully saturated rings. The van der Waals surface area contributed by atoms with E-state index in [1.165, 1.54) is 0 Å². The highest BCUT2D eigenvalue weighted by atomic mass is 32.1. The third-order valence-corrected chi connectivity index (χ3v) is 5.55. The number of hydrogen-bond acceptors (Lipinski definition) is 4. The van der Waals surface area contributed by atoms with Gasteiger partial charge in [0.1, 0.15) is 0 Å². The Hall–Kier alpha value is -1.43. The van der Waals surface area contributed by atoms with Crippen molar-refractivity contribution in [2.45, 2.75) is 86.7 Å². The van der Waals surface area contributed by atoms with Crippen LogP contribution in [0.25, 0.3) is 0 Å². The minimum Gasteiger partial charge on any atom is -0.465 e. The van der Waals surface area contributed by atoms with Crippen molar-refractivity contribution in [2.75, 3.05) is 6.61 Å².